The van der Waals surface area contributed by atoms with E-state index in [1.807, 2.05) is 0 Å². The topological polar surface area (TPSA) is 79.7 Å². The zero-order chi connectivity index (χ0) is 13.8. The molecule has 0 amide bonds. The number of hydrogen-bond acceptors (Lipinski definition) is 5. The van der Waals surface area contributed by atoms with Gasteiger partial charge in [0.1, 0.15) is 5.69 Å². The van der Waals surface area contributed by atoms with Gasteiger partial charge in [0.15, 0.2) is 0 Å². The van der Waals surface area contributed by atoms with Crippen LogP contribution in [0.15, 0.2) is 18.3 Å². The van der Waals surface area contributed by atoms with Crippen LogP contribution in [0, 0.1) is 5.92 Å². The number of hydrogen-bond donors (Lipinski definition) is 1. The van der Waals surface area contributed by atoms with Crippen molar-refractivity contribution in [2.24, 2.45) is 5.92 Å². The number of aromatic nitrogens is 1. The van der Waals surface area contributed by atoms with Crippen LogP contribution >= 0.6 is 0 Å². The Bertz CT molecular complexity index is 472. The Morgan fingerprint density at radius 2 is 2.32 bits per heavy atom. The number of carboxylic acids is 1. The maximum absolute atomic E-state index is 11.4. The molecule has 1 aliphatic rings. The van der Waals surface area contributed by atoms with Crippen molar-refractivity contribution in [3.63, 3.8) is 0 Å². The molecule has 0 unspecified atom stereocenters. The van der Waals surface area contributed by atoms with Gasteiger partial charge in [0.25, 0.3) is 0 Å². The molecule has 1 aromatic heterocycles. The number of nitrogens with zero attached hydrogens (tertiary/aromatic N) is 2. The smallest absolute Gasteiger partial charge is 0.354 e. The van der Waals surface area contributed by atoms with E-state index in [2.05, 4.69) is 9.88 Å². The maximum Gasteiger partial charge on any atom is 0.354 e. The highest BCUT2D eigenvalue weighted by Gasteiger charge is 2.28. The van der Waals surface area contributed by atoms with Crippen molar-refractivity contribution in [2.75, 3.05) is 20.2 Å². The Balaban J connectivity index is 1.92. The van der Waals surface area contributed by atoms with Gasteiger partial charge in [0.2, 0.25) is 0 Å². The van der Waals surface area contributed by atoms with Crippen LogP contribution < -0.4 is 0 Å². The zero-order valence-electron chi connectivity index (χ0n) is 10.7. The molecule has 1 fully saturated rings. The van der Waals surface area contributed by atoms with Crippen LogP contribution in [0.2, 0.25) is 0 Å². The van der Waals surface area contributed by atoms with Gasteiger partial charge in [-0.2, -0.15) is 0 Å². The maximum atomic E-state index is 11.4. The minimum atomic E-state index is -1.03. The largest absolute Gasteiger partial charge is 0.477 e. The number of aromatic carboxylic acids is 1. The van der Waals surface area contributed by atoms with E-state index in [-0.39, 0.29) is 17.6 Å². The van der Waals surface area contributed by atoms with Gasteiger partial charge >= 0.3 is 11.9 Å². The minimum Gasteiger partial charge on any atom is -0.477 e. The Morgan fingerprint density at radius 1 is 1.53 bits per heavy atom. The number of carbonyl (C=O) groups is 2. The van der Waals surface area contributed by atoms with Crippen molar-refractivity contribution < 1.29 is 19.4 Å². The number of esters is 1. The quantitative estimate of drug-likeness (QED) is 0.809. The summed E-state index contributed by atoms with van der Waals surface area (Å²) in [6.45, 7) is 2.17. The van der Waals surface area contributed by atoms with E-state index in [4.69, 9.17) is 9.84 Å². The zero-order valence-corrected chi connectivity index (χ0v) is 10.7. The van der Waals surface area contributed by atoms with E-state index in [0.29, 0.717) is 13.1 Å². The lowest BCUT2D eigenvalue weighted by atomic mass is 10.1. The van der Waals surface area contributed by atoms with Gasteiger partial charge in [-0.3, -0.25) is 9.69 Å². The van der Waals surface area contributed by atoms with Crippen molar-refractivity contribution >= 4 is 11.9 Å². The summed E-state index contributed by atoms with van der Waals surface area (Å²) in [6.07, 6.45) is 2.36. The monoisotopic (exact) mass is 264 g/mol. The fourth-order valence-electron chi connectivity index (χ4n) is 2.24. The Hall–Kier alpha value is -1.95. The van der Waals surface area contributed by atoms with Crippen LogP contribution in [0.1, 0.15) is 22.5 Å². The third-order valence-corrected chi connectivity index (χ3v) is 3.26. The van der Waals surface area contributed by atoms with Crippen LogP contribution in [-0.2, 0) is 16.1 Å². The molecule has 0 aliphatic carbocycles. The number of carbonyl (C=O) groups excluding carboxylic acids is 1. The van der Waals surface area contributed by atoms with Gasteiger partial charge in [-0.05, 0) is 24.6 Å². The van der Waals surface area contributed by atoms with E-state index in [0.717, 1.165) is 18.5 Å². The molecular weight excluding hydrogens is 248 g/mol. The third-order valence-electron chi connectivity index (χ3n) is 3.26. The molecule has 1 N–H and O–H groups in total. The van der Waals surface area contributed by atoms with Crippen molar-refractivity contribution in [1.29, 1.82) is 0 Å². The Kier molecular flexibility index (Phi) is 4.11. The summed E-state index contributed by atoms with van der Waals surface area (Å²) < 4.78 is 4.73. The summed E-state index contributed by atoms with van der Waals surface area (Å²) in [7, 11) is 1.40. The number of ether oxygens (including phenoxy) is 1. The van der Waals surface area contributed by atoms with E-state index >= 15 is 0 Å². The lowest BCUT2D eigenvalue weighted by Gasteiger charge is -2.15. The molecule has 2 heterocycles. The van der Waals surface area contributed by atoms with Gasteiger partial charge < -0.3 is 9.84 Å². The SMILES string of the molecule is COC(=O)[C@@H]1CCN(Cc2ccc(C(=O)O)nc2)C1. The van der Waals surface area contributed by atoms with E-state index in [1.165, 1.54) is 13.2 Å². The molecule has 0 aromatic carbocycles. The molecule has 2 rings (SSSR count). The summed E-state index contributed by atoms with van der Waals surface area (Å²) in [4.78, 5) is 28.1. The van der Waals surface area contributed by atoms with Crippen molar-refractivity contribution in [3.8, 4) is 0 Å². The average Bonchev–Trinajstić information content (AvgIpc) is 2.87. The fraction of sp³-hybridized carbons (Fsp3) is 0.462. The van der Waals surface area contributed by atoms with E-state index < -0.39 is 5.97 Å². The number of pyridine rings is 1. The van der Waals surface area contributed by atoms with E-state index in [1.54, 1.807) is 12.3 Å². The summed E-state index contributed by atoms with van der Waals surface area (Å²) in [5.41, 5.74) is 0.980. The molecular formula is C13H16N2O4. The predicted molar refractivity (Wildman–Crippen MR) is 66.6 cm³/mol. The summed E-state index contributed by atoms with van der Waals surface area (Å²) in [6, 6.07) is 3.24. The molecule has 0 saturated carbocycles. The molecule has 0 radical (unpaired) electrons. The van der Waals surface area contributed by atoms with Crippen LogP contribution in [0.25, 0.3) is 0 Å². The first-order valence-electron chi connectivity index (χ1n) is 6.08. The Labute approximate surface area is 111 Å². The first-order chi connectivity index (χ1) is 9.10. The summed E-state index contributed by atoms with van der Waals surface area (Å²) in [5.74, 6) is -1.25. The molecule has 19 heavy (non-hydrogen) atoms. The van der Waals surface area contributed by atoms with Gasteiger partial charge in [-0.25, -0.2) is 9.78 Å². The predicted octanol–water partition coefficient (Wildman–Crippen LogP) is 0.775. The third kappa shape index (κ3) is 3.29. The molecule has 1 saturated heterocycles. The van der Waals surface area contributed by atoms with Gasteiger partial charge in [0.05, 0.1) is 13.0 Å². The Morgan fingerprint density at radius 3 is 2.89 bits per heavy atom. The van der Waals surface area contributed by atoms with E-state index in [9.17, 15) is 9.59 Å². The standard InChI is InChI=1S/C13H16N2O4/c1-19-13(18)10-4-5-15(8-10)7-9-2-3-11(12(16)17)14-6-9/h2-3,6,10H,4-5,7-8H2,1H3,(H,16,17)/t10-/m1/s1. The van der Waals surface area contributed by atoms with Gasteiger partial charge in [-0.1, -0.05) is 6.07 Å². The number of rotatable bonds is 4. The first-order valence-corrected chi connectivity index (χ1v) is 6.08. The average molecular weight is 264 g/mol. The highest BCUT2D eigenvalue weighted by Crippen LogP contribution is 2.19. The number of methoxy groups -OCH3 is 1. The number of carboxylic acid groups (broad SMARTS) is 1. The van der Waals surface area contributed by atoms with Crippen LogP contribution in [0.5, 0.6) is 0 Å². The van der Waals surface area contributed by atoms with Crippen molar-refractivity contribution in [2.45, 2.75) is 13.0 Å². The second-order valence-electron chi connectivity index (χ2n) is 4.60. The van der Waals surface area contributed by atoms with Crippen molar-refractivity contribution in [3.05, 3.63) is 29.6 Å². The highest BCUT2D eigenvalue weighted by atomic mass is 16.5. The normalized spacial score (nSPS) is 19.3. The minimum absolute atomic E-state index is 0.0395. The fourth-order valence-corrected chi connectivity index (χ4v) is 2.24. The lowest BCUT2D eigenvalue weighted by molar-refractivity contribution is -0.144. The molecule has 102 valence electrons. The molecule has 6 heteroatoms. The molecule has 0 spiro atoms. The molecule has 1 aliphatic heterocycles. The van der Waals surface area contributed by atoms with Crippen LogP contribution in [0.4, 0.5) is 0 Å². The van der Waals surface area contributed by atoms with Crippen LogP contribution in [-0.4, -0.2) is 47.1 Å². The molecule has 1 aromatic rings. The summed E-state index contributed by atoms with van der Waals surface area (Å²) in [5, 5.41) is 8.76. The molecule has 6 nitrogen and oxygen atoms in total. The van der Waals surface area contributed by atoms with Gasteiger partial charge in [-0.15, -0.1) is 0 Å². The first kappa shape index (κ1) is 13.5. The molecule has 0 bridgehead atoms. The lowest BCUT2D eigenvalue weighted by Crippen LogP contribution is -2.23. The number of likely N-dealkylation sites (tertiary alicyclic amines) is 1. The second kappa shape index (κ2) is 5.79. The van der Waals surface area contributed by atoms with Crippen LogP contribution in [0.3, 0.4) is 0 Å². The highest BCUT2D eigenvalue weighted by molar-refractivity contribution is 5.85. The molecule has 1 atom stereocenters. The second-order valence-corrected chi connectivity index (χ2v) is 4.60. The van der Waals surface area contributed by atoms with Crippen molar-refractivity contribution in [1.82, 2.24) is 9.88 Å². The van der Waals surface area contributed by atoms with Gasteiger partial charge in [0, 0.05) is 19.3 Å². The summed E-state index contributed by atoms with van der Waals surface area (Å²) >= 11 is 0.